The largest absolute Gasteiger partial charge is 1.00 e. The molecule has 0 saturated carbocycles. The quantitative estimate of drug-likeness (QED) is 0.349. The van der Waals surface area contributed by atoms with E-state index in [1.807, 2.05) is 0 Å². The fourth-order valence-electron chi connectivity index (χ4n) is 0.144. The Labute approximate surface area is 93.6 Å². The van der Waals surface area contributed by atoms with Crippen molar-refractivity contribution in [2.24, 2.45) is 0 Å². The third kappa shape index (κ3) is 34.2. The van der Waals surface area contributed by atoms with Crippen LogP contribution in [0.2, 0.25) is 0 Å². The number of carboxylic acids is 1. The SMILES string of the molecule is C=CC(=O)[O-].C=CNC(C)=O.[Na+]. The summed E-state index contributed by atoms with van der Waals surface area (Å²) in [6, 6.07) is 0. The Balaban J connectivity index is -0.000000126. The summed E-state index contributed by atoms with van der Waals surface area (Å²) in [5.74, 6) is -1.31. The van der Waals surface area contributed by atoms with Crippen molar-refractivity contribution in [1.82, 2.24) is 5.32 Å². The first-order valence-corrected chi connectivity index (χ1v) is 2.76. The molecule has 0 aliphatic heterocycles. The number of hydrogen-bond donors (Lipinski definition) is 1. The molecule has 0 rings (SSSR count). The average Bonchev–Trinajstić information content (AvgIpc) is 1.89. The molecule has 0 saturated heterocycles. The first kappa shape index (κ1) is 17.5. The Bertz CT molecular complexity index is 168. The van der Waals surface area contributed by atoms with Crippen LogP contribution < -0.4 is 40.0 Å². The molecule has 1 amide bonds. The first-order chi connectivity index (χ1) is 5.04. The van der Waals surface area contributed by atoms with Crippen LogP contribution in [0.3, 0.4) is 0 Å². The van der Waals surface area contributed by atoms with Gasteiger partial charge in [-0.15, -0.1) is 0 Å². The van der Waals surface area contributed by atoms with Gasteiger partial charge in [-0.25, -0.2) is 0 Å². The number of rotatable bonds is 2. The summed E-state index contributed by atoms with van der Waals surface area (Å²) in [6.45, 7) is 7.60. The van der Waals surface area contributed by atoms with Gasteiger partial charge in [0.1, 0.15) is 0 Å². The van der Waals surface area contributed by atoms with E-state index in [4.69, 9.17) is 9.90 Å². The van der Waals surface area contributed by atoms with Crippen LogP contribution in [0, 0.1) is 0 Å². The molecular weight excluding hydrogens is 169 g/mol. The van der Waals surface area contributed by atoms with Gasteiger partial charge in [0, 0.05) is 6.92 Å². The minimum absolute atomic E-state index is 0. The van der Waals surface area contributed by atoms with Gasteiger partial charge in [0.15, 0.2) is 0 Å². The molecule has 0 aliphatic carbocycles. The smallest absolute Gasteiger partial charge is 0.545 e. The number of amides is 1. The normalized spacial score (nSPS) is 6.08. The van der Waals surface area contributed by atoms with Crippen LogP contribution >= 0.6 is 0 Å². The van der Waals surface area contributed by atoms with Gasteiger partial charge >= 0.3 is 29.6 Å². The molecule has 0 heterocycles. The molecule has 0 aliphatic rings. The zero-order valence-corrected chi connectivity index (χ0v) is 9.29. The number of aliphatic carboxylic acids is 1. The molecule has 0 aromatic carbocycles. The van der Waals surface area contributed by atoms with E-state index < -0.39 is 5.97 Å². The van der Waals surface area contributed by atoms with Crippen molar-refractivity contribution in [3.63, 3.8) is 0 Å². The minimum atomic E-state index is -1.23. The van der Waals surface area contributed by atoms with Crippen LogP contribution in [0.25, 0.3) is 0 Å². The predicted octanol–water partition coefficient (Wildman–Crippen LogP) is -3.81. The van der Waals surface area contributed by atoms with Gasteiger partial charge in [0.2, 0.25) is 5.91 Å². The Morgan fingerprint density at radius 3 is 1.75 bits per heavy atom. The summed E-state index contributed by atoms with van der Waals surface area (Å²) in [4.78, 5) is 19.0. The van der Waals surface area contributed by atoms with Gasteiger partial charge in [-0.1, -0.05) is 13.2 Å². The van der Waals surface area contributed by atoms with Crippen LogP contribution in [0.5, 0.6) is 0 Å². The first-order valence-electron chi connectivity index (χ1n) is 2.76. The molecule has 62 valence electrons. The zero-order chi connectivity index (χ0) is 9.28. The van der Waals surface area contributed by atoms with Crippen molar-refractivity contribution >= 4 is 11.9 Å². The van der Waals surface area contributed by atoms with Crippen LogP contribution in [0.15, 0.2) is 25.4 Å². The average molecular weight is 179 g/mol. The topological polar surface area (TPSA) is 69.2 Å². The third-order valence-electron chi connectivity index (χ3n) is 0.472. The van der Waals surface area contributed by atoms with Crippen molar-refractivity contribution in [1.29, 1.82) is 0 Å². The van der Waals surface area contributed by atoms with Gasteiger partial charge in [-0.3, -0.25) is 4.79 Å². The minimum Gasteiger partial charge on any atom is -0.545 e. The van der Waals surface area contributed by atoms with Gasteiger partial charge < -0.3 is 15.2 Å². The number of nitrogens with one attached hydrogen (secondary N) is 1. The molecule has 1 N–H and O–H groups in total. The number of carboxylic acid groups (broad SMARTS) is 1. The summed E-state index contributed by atoms with van der Waals surface area (Å²) >= 11 is 0. The van der Waals surface area contributed by atoms with Crippen molar-refractivity contribution in [3.05, 3.63) is 25.4 Å². The van der Waals surface area contributed by atoms with E-state index in [2.05, 4.69) is 18.5 Å². The molecule has 0 atom stereocenters. The molecule has 12 heavy (non-hydrogen) atoms. The van der Waals surface area contributed by atoms with Gasteiger partial charge in [-0.05, 0) is 12.3 Å². The Morgan fingerprint density at radius 2 is 1.75 bits per heavy atom. The second-order valence-corrected chi connectivity index (χ2v) is 1.43. The van der Waals surface area contributed by atoms with E-state index in [9.17, 15) is 4.79 Å². The fourth-order valence-corrected chi connectivity index (χ4v) is 0.144. The molecule has 4 nitrogen and oxygen atoms in total. The molecule has 0 fully saturated rings. The van der Waals surface area contributed by atoms with E-state index in [0.717, 1.165) is 6.08 Å². The maximum atomic E-state index is 9.86. The predicted molar refractivity (Wildman–Crippen MR) is 39.2 cm³/mol. The second kappa shape index (κ2) is 13.0. The van der Waals surface area contributed by atoms with E-state index >= 15 is 0 Å². The van der Waals surface area contributed by atoms with Gasteiger partial charge in [0.25, 0.3) is 0 Å². The van der Waals surface area contributed by atoms with Crippen LogP contribution in [0.1, 0.15) is 6.92 Å². The number of carbonyl (C=O) groups is 2. The molecule has 0 aromatic heterocycles. The van der Waals surface area contributed by atoms with Crippen molar-refractivity contribution in [3.8, 4) is 0 Å². The summed E-state index contributed by atoms with van der Waals surface area (Å²) in [5, 5.41) is 11.5. The van der Waals surface area contributed by atoms with Crippen LogP contribution in [-0.2, 0) is 9.59 Å². The number of carbonyl (C=O) groups excluding carboxylic acids is 2. The van der Waals surface area contributed by atoms with E-state index in [0.29, 0.717) is 0 Å². The molecular formula is C7H10NNaO3. The van der Waals surface area contributed by atoms with Crippen LogP contribution in [-0.4, -0.2) is 11.9 Å². The maximum Gasteiger partial charge on any atom is 1.00 e. The Kier molecular flexibility index (Phi) is 19.0. The monoisotopic (exact) mass is 179 g/mol. The van der Waals surface area contributed by atoms with Crippen molar-refractivity contribution in [2.45, 2.75) is 6.92 Å². The fraction of sp³-hybridized carbons (Fsp3) is 0.143. The van der Waals surface area contributed by atoms with Gasteiger partial charge in [-0.2, -0.15) is 0 Å². The van der Waals surface area contributed by atoms with Crippen LogP contribution in [0.4, 0.5) is 0 Å². The van der Waals surface area contributed by atoms with Crippen molar-refractivity contribution in [2.75, 3.05) is 0 Å². The standard InChI is InChI=1S/C4H7NO.C3H4O2.Na/c1-3-5-4(2)6;1-2-3(4)5;/h3H,1H2,2H3,(H,5,6);2H,1H2,(H,4,5);/q;;+1/p-1. The molecule has 0 unspecified atom stereocenters. The van der Waals surface area contributed by atoms with E-state index in [1.54, 1.807) is 0 Å². The molecule has 0 bridgehead atoms. The summed E-state index contributed by atoms with van der Waals surface area (Å²) in [7, 11) is 0. The summed E-state index contributed by atoms with van der Waals surface area (Å²) in [5.41, 5.74) is 0. The van der Waals surface area contributed by atoms with Gasteiger partial charge in [0.05, 0.1) is 5.97 Å². The number of hydrogen-bond acceptors (Lipinski definition) is 3. The molecule has 0 spiro atoms. The third-order valence-corrected chi connectivity index (χ3v) is 0.472. The maximum absolute atomic E-state index is 9.86. The second-order valence-electron chi connectivity index (χ2n) is 1.43. The summed E-state index contributed by atoms with van der Waals surface area (Å²) in [6.07, 6.45) is 2.07. The Hall–Kier alpha value is -0.580. The zero-order valence-electron chi connectivity index (χ0n) is 7.29. The molecule has 0 aromatic rings. The van der Waals surface area contributed by atoms with Crippen molar-refractivity contribution < 1.29 is 44.3 Å². The summed E-state index contributed by atoms with van der Waals surface area (Å²) < 4.78 is 0. The van der Waals surface area contributed by atoms with E-state index in [-0.39, 0.29) is 35.5 Å². The Morgan fingerprint density at radius 1 is 1.42 bits per heavy atom. The van der Waals surface area contributed by atoms with E-state index in [1.165, 1.54) is 13.1 Å². The molecule has 5 heteroatoms. The molecule has 0 radical (unpaired) electrons.